The number of nitrogens with zero attached hydrogens (tertiary/aromatic N) is 1. The molecule has 1 saturated heterocycles. The van der Waals surface area contributed by atoms with Gasteiger partial charge in [-0.05, 0) is 45.3 Å². The first-order chi connectivity index (χ1) is 8.67. The largest absolute Gasteiger partial charge is 0.323 e. The molecule has 1 amide bonds. The van der Waals surface area contributed by atoms with Crippen LogP contribution in [0.1, 0.15) is 52.4 Å². The van der Waals surface area contributed by atoms with Crippen molar-refractivity contribution in [3.8, 4) is 0 Å². The third-order valence-electron chi connectivity index (χ3n) is 4.34. The van der Waals surface area contributed by atoms with E-state index >= 15 is 0 Å². The highest BCUT2D eigenvalue weighted by atomic mass is 32.2. The molecule has 1 aliphatic heterocycles. The molecule has 0 spiro atoms. The summed E-state index contributed by atoms with van der Waals surface area (Å²) in [5, 5.41) is 4.26. The normalized spacial score (nSPS) is 37.3. The van der Waals surface area contributed by atoms with Crippen LogP contribution >= 0.6 is 11.8 Å². The van der Waals surface area contributed by atoms with Crippen LogP contribution in [-0.4, -0.2) is 40.6 Å². The minimum atomic E-state index is 0.0137. The SMILES string of the molecule is CCCC1NC(C)C(=O)N1C1CCC(SC)CC1. The maximum atomic E-state index is 12.3. The van der Waals surface area contributed by atoms with Gasteiger partial charge in [-0.1, -0.05) is 13.3 Å². The van der Waals surface area contributed by atoms with Crippen molar-refractivity contribution in [1.82, 2.24) is 10.2 Å². The lowest BCUT2D eigenvalue weighted by Crippen LogP contribution is -2.46. The zero-order valence-corrected chi connectivity index (χ0v) is 12.6. The molecule has 2 rings (SSSR count). The molecule has 18 heavy (non-hydrogen) atoms. The van der Waals surface area contributed by atoms with Gasteiger partial charge in [-0.3, -0.25) is 10.1 Å². The Balaban J connectivity index is 1.99. The van der Waals surface area contributed by atoms with Gasteiger partial charge in [-0.15, -0.1) is 0 Å². The van der Waals surface area contributed by atoms with E-state index in [1.165, 1.54) is 25.7 Å². The molecule has 2 fully saturated rings. The van der Waals surface area contributed by atoms with Crippen molar-refractivity contribution in [2.45, 2.75) is 75.9 Å². The monoisotopic (exact) mass is 270 g/mol. The highest BCUT2D eigenvalue weighted by molar-refractivity contribution is 7.99. The number of hydrogen-bond acceptors (Lipinski definition) is 3. The quantitative estimate of drug-likeness (QED) is 0.852. The molecule has 0 bridgehead atoms. The van der Waals surface area contributed by atoms with Crippen LogP contribution in [-0.2, 0) is 4.79 Å². The second-order valence-electron chi connectivity index (χ2n) is 5.60. The molecule has 2 atom stereocenters. The Morgan fingerprint density at radius 3 is 2.56 bits per heavy atom. The Kier molecular flexibility index (Phi) is 4.96. The minimum absolute atomic E-state index is 0.0137. The van der Waals surface area contributed by atoms with Gasteiger partial charge >= 0.3 is 0 Å². The van der Waals surface area contributed by atoms with Crippen molar-refractivity contribution in [3.63, 3.8) is 0 Å². The third kappa shape index (κ3) is 2.85. The van der Waals surface area contributed by atoms with Gasteiger partial charge in [-0.25, -0.2) is 0 Å². The summed E-state index contributed by atoms with van der Waals surface area (Å²) in [4.78, 5) is 14.5. The van der Waals surface area contributed by atoms with E-state index in [9.17, 15) is 4.79 Å². The number of amides is 1. The predicted octanol–water partition coefficient (Wildman–Crippen LogP) is 2.61. The van der Waals surface area contributed by atoms with Gasteiger partial charge in [0.15, 0.2) is 0 Å². The molecule has 0 aromatic heterocycles. The molecular weight excluding hydrogens is 244 g/mol. The van der Waals surface area contributed by atoms with Gasteiger partial charge in [0, 0.05) is 11.3 Å². The standard InChI is InChI=1S/C14H26N2OS/c1-4-5-13-15-10(2)14(17)16(13)11-6-8-12(18-3)9-7-11/h10-13,15H,4-9H2,1-3H3. The van der Waals surface area contributed by atoms with Crippen LogP contribution in [0.3, 0.4) is 0 Å². The maximum absolute atomic E-state index is 12.3. The van der Waals surface area contributed by atoms with Crippen molar-refractivity contribution in [2.24, 2.45) is 0 Å². The second-order valence-corrected chi connectivity index (χ2v) is 6.74. The van der Waals surface area contributed by atoms with Crippen molar-refractivity contribution in [2.75, 3.05) is 6.26 Å². The molecular formula is C14H26N2OS. The fourth-order valence-corrected chi connectivity index (χ4v) is 4.05. The lowest BCUT2D eigenvalue weighted by atomic mass is 9.93. The Labute approximate surface area is 115 Å². The van der Waals surface area contributed by atoms with Crippen molar-refractivity contribution in [3.05, 3.63) is 0 Å². The molecule has 3 nitrogen and oxygen atoms in total. The number of carbonyl (C=O) groups is 1. The highest BCUT2D eigenvalue weighted by Crippen LogP contribution is 2.32. The van der Waals surface area contributed by atoms with E-state index in [0.29, 0.717) is 11.9 Å². The van der Waals surface area contributed by atoms with Crippen molar-refractivity contribution in [1.29, 1.82) is 0 Å². The van der Waals surface area contributed by atoms with Gasteiger partial charge in [0.25, 0.3) is 0 Å². The van der Waals surface area contributed by atoms with Crippen LogP contribution in [0.25, 0.3) is 0 Å². The maximum Gasteiger partial charge on any atom is 0.240 e. The lowest BCUT2D eigenvalue weighted by Gasteiger charge is -2.37. The predicted molar refractivity (Wildman–Crippen MR) is 77.7 cm³/mol. The molecule has 1 aliphatic carbocycles. The minimum Gasteiger partial charge on any atom is -0.323 e. The number of thioether (sulfide) groups is 1. The number of rotatable bonds is 4. The molecule has 0 aromatic carbocycles. The first kappa shape index (κ1) is 14.2. The summed E-state index contributed by atoms with van der Waals surface area (Å²) in [6, 6.07) is 0.495. The molecule has 2 aliphatic rings. The number of nitrogens with one attached hydrogen (secondary N) is 1. The Hall–Kier alpha value is -0.220. The zero-order valence-electron chi connectivity index (χ0n) is 11.8. The van der Waals surface area contributed by atoms with Gasteiger partial charge in [0.05, 0.1) is 12.2 Å². The van der Waals surface area contributed by atoms with Gasteiger partial charge in [0.2, 0.25) is 5.91 Å². The topological polar surface area (TPSA) is 32.3 Å². The Bertz CT molecular complexity index is 290. The molecule has 2 unspecified atom stereocenters. The van der Waals surface area contributed by atoms with Crippen molar-refractivity contribution >= 4 is 17.7 Å². The van der Waals surface area contributed by atoms with E-state index < -0.39 is 0 Å². The summed E-state index contributed by atoms with van der Waals surface area (Å²) in [5.74, 6) is 0.320. The van der Waals surface area contributed by atoms with E-state index in [2.05, 4.69) is 23.4 Å². The van der Waals surface area contributed by atoms with Crippen LogP contribution in [0.2, 0.25) is 0 Å². The molecule has 4 heteroatoms. The summed E-state index contributed by atoms with van der Waals surface area (Å²) in [5.41, 5.74) is 0. The molecule has 0 aromatic rings. The van der Waals surface area contributed by atoms with Crippen LogP contribution in [0, 0.1) is 0 Å². The summed E-state index contributed by atoms with van der Waals surface area (Å²) < 4.78 is 0. The van der Waals surface area contributed by atoms with E-state index in [1.807, 2.05) is 18.7 Å². The molecule has 1 saturated carbocycles. The van der Waals surface area contributed by atoms with E-state index in [4.69, 9.17) is 0 Å². The van der Waals surface area contributed by atoms with Crippen LogP contribution in [0.5, 0.6) is 0 Å². The third-order valence-corrected chi connectivity index (χ3v) is 5.47. The first-order valence-corrected chi connectivity index (χ1v) is 8.57. The summed E-state index contributed by atoms with van der Waals surface area (Å²) in [6.45, 7) is 4.19. The Morgan fingerprint density at radius 1 is 1.33 bits per heavy atom. The average molecular weight is 270 g/mol. The smallest absolute Gasteiger partial charge is 0.240 e. The highest BCUT2D eigenvalue weighted by Gasteiger charge is 2.40. The Morgan fingerprint density at radius 2 is 2.00 bits per heavy atom. The molecule has 1 heterocycles. The summed E-state index contributed by atoms with van der Waals surface area (Å²) in [6.07, 6.45) is 9.61. The lowest BCUT2D eigenvalue weighted by molar-refractivity contribution is -0.132. The van der Waals surface area contributed by atoms with Crippen LogP contribution < -0.4 is 5.32 Å². The van der Waals surface area contributed by atoms with Gasteiger partial charge < -0.3 is 4.90 Å². The molecule has 1 N–H and O–H groups in total. The zero-order chi connectivity index (χ0) is 13.1. The van der Waals surface area contributed by atoms with Crippen LogP contribution in [0.15, 0.2) is 0 Å². The van der Waals surface area contributed by atoms with Gasteiger partial charge in [0.1, 0.15) is 0 Å². The van der Waals surface area contributed by atoms with E-state index in [0.717, 1.165) is 18.1 Å². The fraction of sp³-hybridized carbons (Fsp3) is 0.929. The fourth-order valence-electron chi connectivity index (χ4n) is 3.31. The van der Waals surface area contributed by atoms with Crippen LogP contribution in [0.4, 0.5) is 0 Å². The number of hydrogen-bond donors (Lipinski definition) is 1. The first-order valence-electron chi connectivity index (χ1n) is 7.28. The second kappa shape index (κ2) is 6.29. The van der Waals surface area contributed by atoms with Gasteiger partial charge in [-0.2, -0.15) is 11.8 Å². The summed E-state index contributed by atoms with van der Waals surface area (Å²) in [7, 11) is 0. The average Bonchev–Trinajstić information content (AvgIpc) is 2.66. The summed E-state index contributed by atoms with van der Waals surface area (Å²) >= 11 is 1.98. The van der Waals surface area contributed by atoms with Crippen molar-refractivity contribution < 1.29 is 4.79 Å². The van der Waals surface area contributed by atoms with E-state index in [1.54, 1.807) is 0 Å². The number of carbonyl (C=O) groups excluding carboxylic acids is 1. The van der Waals surface area contributed by atoms with E-state index in [-0.39, 0.29) is 12.2 Å². The molecule has 104 valence electrons. The molecule has 0 radical (unpaired) electrons.